The molecule has 0 radical (unpaired) electrons. The Morgan fingerprint density at radius 3 is 2.50 bits per heavy atom. The number of carbonyl (C=O) groups is 1. The van der Waals surface area contributed by atoms with Gasteiger partial charge in [-0.05, 0) is 31.2 Å². The average molecular weight is 271 g/mol. The third-order valence-corrected chi connectivity index (χ3v) is 3.01. The molecule has 5 nitrogen and oxygen atoms in total. The van der Waals surface area contributed by atoms with Crippen LogP contribution in [0.5, 0.6) is 5.75 Å². The Morgan fingerprint density at radius 1 is 1.20 bits per heavy atom. The SMILES string of the molecule is COc1ccccc1C(=O)c1ccc([N+](=O)[O-])c(C)c1. The molecule has 0 aliphatic rings. The summed E-state index contributed by atoms with van der Waals surface area (Å²) in [6.07, 6.45) is 0. The van der Waals surface area contributed by atoms with E-state index >= 15 is 0 Å². The molecule has 0 aliphatic carbocycles. The quantitative estimate of drug-likeness (QED) is 0.486. The summed E-state index contributed by atoms with van der Waals surface area (Å²) in [6, 6.07) is 11.2. The summed E-state index contributed by atoms with van der Waals surface area (Å²) in [5.74, 6) is 0.258. The van der Waals surface area contributed by atoms with Crippen molar-refractivity contribution in [3.05, 3.63) is 69.3 Å². The number of methoxy groups -OCH3 is 1. The zero-order chi connectivity index (χ0) is 14.7. The van der Waals surface area contributed by atoms with E-state index in [0.29, 0.717) is 22.4 Å². The highest BCUT2D eigenvalue weighted by Crippen LogP contribution is 2.24. The van der Waals surface area contributed by atoms with Crippen LogP contribution in [0.4, 0.5) is 5.69 Å². The highest BCUT2D eigenvalue weighted by atomic mass is 16.6. The Balaban J connectivity index is 2.44. The number of nitro groups is 1. The van der Waals surface area contributed by atoms with Gasteiger partial charge in [0.2, 0.25) is 0 Å². The molecule has 0 spiro atoms. The fraction of sp³-hybridized carbons (Fsp3) is 0.133. The monoisotopic (exact) mass is 271 g/mol. The normalized spacial score (nSPS) is 10.1. The van der Waals surface area contributed by atoms with E-state index in [0.717, 1.165) is 0 Å². The minimum Gasteiger partial charge on any atom is -0.496 e. The van der Waals surface area contributed by atoms with Gasteiger partial charge in [0.1, 0.15) is 5.75 Å². The van der Waals surface area contributed by atoms with Gasteiger partial charge in [0.05, 0.1) is 17.6 Å². The topological polar surface area (TPSA) is 69.4 Å². The standard InChI is InChI=1S/C15H13NO4/c1-10-9-11(7-8-13(10)16(18)19)15(17)12-5-3-4-6-14(12)20-2/h3-9H,1-2H3. The molecule has 20 heavy (non-hydrogen) atoms. The number of carbonyl (C=O) groups excluding carboxylic acids is 1. The molecule has 2 aromatic carbocycles. The van der Waals surface area contributed by atoms with Crippen LogP contribution in [-0.4, -0.2) is 17.8 Å². The van der Waals surface area contributed by atoms with Crippen LogP contribution < -0.4 is 4.74 Å². The molecule has 0 heterocycles. The Bertz CT molecular complexity index is 679. The highest BCUT2D eigenvalue weighted by molar-refractivity contribution is 6.10. The van der Waals surface area contributed by atoms with Gasteiger partial charge in [-0.2, -0.15) is 0 Å². The number of hydrogen-bond donors (Lipinski definition) is 0. The van der Waals surface area contributed by atoms with Crippen molar-refractivity contribution in [2.24, 2.45) is 0 Å². The first-order valence-electron chi connectivity index (χ1n) is 5.97. The molecule has 5 heteroatoms. The summed E-state index contributed by atoms with van der Waals surface area (Å²) in [5, 5.41) is 10.8. The lowest BCUT2D eigenvalue weighted by atomic mass is 10.00. The maximum Gasteiger partial charge on any atom is 0.272 e. The third kappa shape index (κ3) is 2.51. The number of aryl methyl sites for hydroxylation is 1. The van der Waals surface area contributed by atoms with Crippen LogP contribution in [0, 0.1) is 17.0 Å². The number of ether oxygens (including phenoxy) is 1. The number of hydrogen-bond acceptors (Lipinski definition) is 4. The molecule has 0 fully saturated rings. The van der Waals surface area contributed by atoms with Crippen molar-refractivity contribution >= 4 is 11.5 Å². The zero-order valence-corrected chi connectivity index (χ0v) is 11.1. The summed E-state index contributed by atoms with van der Waals surface area (Å²) in [6.45, 7) is 1.61. The predicted octanol–water partition coefficient (Wildman–Crippen LogP) is 3.14. The highest BCUT2D eigenvalue weighted by Gasteiger charge is 2.17. The molecular formula is C15H13NO4. The van der Waals surface area contributed by atoms with E-state index in [1.54, 1.807) is 31.2 Å². The second-order valence-corrected chi connectivity index (χ2v) is 4.29. The Morgan fingerprint density at radius 2 is 1.90 bits per heavy atom. The molecule has 0 amide bonds. The van der Waals surface area contributed by atoms with Crippen LogP contribution in [0.2, 0.25) is 0 Å². The van der Waals surface area contributed by atoms with Gasteiger partial charge in [0, 0.05) is 17.2 Å². The predicted molar refractivity (Wildman–Crippen MR) is 74.3 cm³/mol. The van der Waals surface area contributed by atoms with E-state index in [2.05, 4.69) is 0 Å². The van der Waals surface area contributed by atoms with Gasteiger partial charge in [-0.1, -0.05) is 12.1 Å². The van der Waals surface area contributed by atoms with Gasteiger partial charge in [-0.15, -0.1) is 0 Å². The van der Waals surface area contributed by atoms with E-state index in [1.165, 1.54) is 25.3 Å². The van der Waals surface area contributed by atoms with Crippen molar-refractivity contribution in [2.45, 2.75) is 6.92 Å². The average Bonchev–Trinajstić information content (AvgIpc) is 2.45. The van der Waals surface area contributed by atoms with E-state index in [1.807, 2.05) is 0 Å². The smallest absolute Gasteiger partial charge is 0.272 e. The van der Waals surface area contributed by atoms with Crippen molar-refractivity contribution in [2.75, 3.05) is 7.11 Å². The van der Waals surface area contributed by atoms with Crippen molar-refractivity contribution in [1.29, 1.82) is 0 Å². The third-order valence-electron chi connectivity index (χ3n) is 3.01. The molecule has 0 aromatic heterocycles. The van der Waals surface area contributed by atoms with Crippen molar-refractivity contribution in [3.63, 3.8) is 0 Å². The van der Waals surface area contributed by atoms with Gasteiger partial charge < -0.3 is 4.74 Å². The lowest BCUT2D eigenvalue weighted by molar-refractivity contribution is -0.385. The Kier molecular flexibility index (Phi) is 3.79. The molecule has 0 saturated carbocycles. The van der Waals surface area contributed by atoms with E-state index in [9.17, 15) is 14.9 Å². The van der Waals surface area contributed by atoms with Gasteiger partial charge >= 0.3 is 0 Å². The fourth-order valence-electron chi connectivity index (χ4n) is 1.99. The number of nitrogens with zero attached hydrogens (tertiary/aromatic N) is 1. The van der Waals surface area contributed by atoms with Gasteiger partial charge in [0.15, 0.2) is 5.78 Å². The van der Waals surface area contributed by atoms with Crippen LogP contribution in [-0.2, 0) is 0 Å². The number of rotatable bonds is 4. The zero-order valence-electron chi connectivity index (χ0n) is 11.1. The minimum atomic E-state index is -0.466. The molecule has 0 unspecified atom stereocenters. The first-order valence-corrected chi connectivity index (χ1v) is 5.97. The fourth-order valence-corrected chi connectivity index (χ4v) is 1.99. The Hall–Kier alpha value is -2.69. The molecule has 0 saturated heterocycles. The Labute approximate surface area is 116 Å². The molecule has 0 atom stereocenters. The van der Waals surface area contributed by atoms with Gasteiger partial charge in [-0.25, -0.2) is 0 Å². The van der Waals surface area contributed by atoms with Crippen LogP contribution in [0.3, 0.4) is 0 Å². The molecule has 0 aliphatic heterocycles. The van der Waals surface area contributed by atoms with E-state index in [-0.39, 0.29) is 11.5 Å². The molecule has 0 bridgehead atoms. The maximum absolute atomic E-state index is 12.4. The summed E-state index contributed by atoms with van der Waals surface area (Å²) in [7, 11) is 1.49. The summed E-state index contributed by atoms with van der Waals surface area (Å²) < 4.78 is 5.15. The maximum atomic E-state index is 12.4. The first kappa shape index (κ1) is 13.7. The summed E-state index contributed by atoms with van der Waals surface area (Å²) >= 11 is 0. The lowest BCUT2D eigenvalue weighted by Gasteiger charge is -2.07. The number of nitro benzene ring substituents is 1. The van der Waals surface area contributed by atoms with E-state index < -0.39 is 4.92 Å². The molecule has 102 valence electrons. The molecular weight excluding hydrogens is 258 g/mol. The second kappa shape index (κ2) is 5.52. The van der Waals surface area contributed by atoms with Crippen molar-refractivity contribution in [1.82, 2.24) is 0 Å². The summed E-state index contributed by atoms with van der Waals surface area (Å²) in [5.41, 5.74) is 1.29. The number of ketones is 1. The van der Waals surface area contributed by atoms with Crippen LogP contribution in [0.25, 0.3) is 0 Å². The largest absolute Gasteiger partial charge is 0.496 e. The molecule has 2 aromatic rings. The van der Waals surface area contributed by atoms with Crippen molar-refractivity contribution in [3.8, 4) is 5.75 Å². The van der Waals surface area contributed by atoms with Crippen molar-refractivity contribution < 1.29 is 14.5 Å². The molecule has 0 N–H and O–H groups in total. The number of benzene rings is 2. The minimum absolute atomic E-state index is 0.00146. The number of para-hydroxylation sites is 1. The van der Waals surface area contributed by atoms with Crippen LogP contribution >= 0.6 is 0 Å². The van der Waals surface area contributed by atoms with E-state index in [4.69, 9.17) is 4.74 Å². The van der Waals surface area contributed by atoms with Crippen LogP contribution in [0.1, 0.15) is 21.5 Å². The van der Waals surface area contributed by atoms with Gasteiger partial charge in [0.25, 0.3) is 5.69 Å². The molecule has 2 rings (SSSR count). The summed E-state index contributed by atoms with van der Waals surface area (Å²) in [4.78, 5) is 22.7. The lowest BCUT2D eigenvalue weighted by Crippen LogP contribution is -2.04. The second-order valence-electron chi connectivity index (χ2n) is 4.29. The van der Waals surface area contributed by atoms with Crippen LogP contribution in [0.15, 0.2) is 42.5 Å². The van der Waals surface area contributed by atoms with Gasteiger partial charge in [-0.3, -0.25) is 14.9 Å². The first-order chi connectivity index (χ1) is 9.54.